The standard InChI is InChI=1S/C10H8ClN3O2S/c1-5-12-10(14-13-5)17-8-3-2-6(11)4-7(8)9(15)16/h2-4H,1H3,(H,15,16)(H,12,13,14). The molecule has 0 saturated carbocycles. The van der Waals surface area contributed by atoms with Gasteiger partial charge in [0.05, 0.1) is 5.56 Å². The molecule has 0 aliphatic carbocycles. The number of halogens is 1. The summed E-state index contributed by atoms with van der Waals surface area (Å²) in [6, 6.07) is 4.68. The molecule has 0 bridgehead atoms. The topological polar surface area (TPSA) is 78.9 Å². The highest BCUT2D eigenvalue weighted by Gasteiger charge is 2.13. The summed E-state index contributed by atoms with van der Waals surface area (Å²) in [4.78, 5) is 15.7. The average molecular weight is 270 g/mol. The van der Waals surface area contributed by atoms with Crippen molar-refractivity contribution in [1.29, 1.82) is 0 Å². The second-order valence-corrected chi connectivity index (χ2v) is 4.70. The van der Waals surface area contributed by atoms with Gasteiger partial charge in [0.2, 0.25) is 5.16 Å². The first-order chi connectivity index (χ1) is 8.06. The Morgan fingerprint density at radius 1 is 1.53 bits per heavy atom. The zero-order valence-corrected chi connectivity index (χ0v) is 10.3. The summed E-state index contributed by atoms with van der Waals surface area (Å²) in [6.07, 6.45) is 0. The number of carboxylic acid groups (broad SMARTS) is 1. The fourth-order valence-electron chi connectivity index (χ4n) is 1.22. The molecule has 0 amide bonds. The van der Waals surface area contributed by atoms with Gasteiger partial charge in [-0.2, -0.15) is 0 Å². The molecule has 0 radical (unpaired) electrons. The van der Waals surface area contributed by atoms with Crippen LogP contribution < -0.4 is 0 Å². The van der Waals surface area contributed by atoms with Crippen molar-refractivity contribution in [2.24, 2.45) is 0 Å². The number of aryl methyl sites for hydroxylation is 1. The van der Waals surface area contributed by atoms with Gasteiger partial charge >= 0.3 is 5.97 Å². The number of nitrogens with zero attached hydrogens (tertiary/aromatic N) is 2. The normalized spacial score (nSPS) is 10.5. The number of aromatic amines is 1. The summed E-state index contributed by atoms with van der Waals surface area (Å²) in [6.45, 7) is 1.77. The van der Waals surface area contributed by atoms with Crippen molar-refractivity contribution >= 4 is 29.3 Å². The fraction of sp³-hybridized carbons (Fsp3) is 0.100. The predicted octanol–water partition coefficient (Wildman–Crippen LogP) is 2.62. The Bertz CT molecular complexity index is 570. The molecule has 0 saturated heterocycles. The molecule has 0 aliphatic rings. The van der Waals surface area contributed by atoms with E-state index in [2.05, 4.69) is 15.2 Å². The molecule has 0 aliphatic heterocycles. The van der Waals surface area contributed by atoms with Crippen LogP contribution in [-0.4, -0.2) is 26.3 Å². The molecule has 1 aromatic heterocycles. The molecule has 2 rings (SSSR count). The van der Waals surface area contributed by atoms with Gasteiger partial charge in [-0.1, -0.05) is 11.6 Å². The second kappa shape index (κ2) is 4.77. The molecule has 7 heteroatoms. The fourth-order valence-corrected chi connectivity index (χ4v) is 2.26. The van der Waals surface area contributed by atoms with Crippen LogP contribution in [0.4, 0.5) is 0 Å². The Morgan fingerprint density at radius 3 is 2.88 bits per heavy atom. The minimum atomic E-state index is -1.03. The van der Waals surface area contributed by atoms with Crippen molar-refractivity contribution < 1.29 is 9.90 Å². The summed E-state index contributed by atoms with van der Waals surface area (Å²) in [5, 5.41) is 16.5. The van der Waals surface area contributed by atoms with E-state index in [1.807, 2.05) is 0 Å². The molecule has 0 unspecified atom stereocenters. The van der Waals surface area contributed by atoms with Crippen LogP contribution >= 0.6 is 23.4 Å². The highest BCUT2D eigenvalue weighted by molar-refractivity contribution is 7.99. The molecule has 0 spiro atoms. The predicted molar refractivity (Wildman–Crippen MR) is 63.7 cm³/mol. The average Bonchev–Trinajstić information content (AvgIpc) is 2.66. The van der Waals surface area contributed by atoms with E-state index < -0.39 is 5.97 Å². The van der Waals surface area contributed by atoms with Gasteiger partial charge in [-0.15, -0.1) is 5.10 Å². The monoisotopic (exact) mass is 269 g/mol. The van der Waals surface area contributed by atoms with Crippen molar-refractivity contribution in [3.63, 3.8) is 0 Å². The number of aromatic carboxylic acids is 1. The molecule has 0 fully saturated rings. The Morgan fingerprint density at radius 2 is 2.29 bits per heavy atom. The number of hydrogen-bond donors (Lipinski definition) is 2. The van der Waals surface area contributed by atoms with Crippen LogP contribution in [0.1, 0.15) is 16.2 Å². The highest BCUT2D eigenvalue weighted by atomic mass is 35.5. The largest absolute Gasteiger partial charge is 0.478 e. The van der Waals surface area contributed by atoms with Crippen LogP contribution in [0.2, 0.25) is 5.02 Å². The molecule has 5 nitrogen and oxygen atoms in total. The van der Waals surface area contributed by atoms with Gasteiger partial charge in [0.15, 0.2) is 0 Å². The Kier molecular flexibility index (Phi) is 3.35. The molecule has 2 aromatic rings. The second-order valence-electron chi connectivity index (χ2n) is 3.25. The van der Waals surface area contributed by atoms with Gasteiger partial charge in [0, 0.05) is 9.92 Å². The Hall–Kier alpha value is -1.53. The third-order valence-corrected chi connectivity index (χ3v) is 3.13. The molecule has 17 heavy (non-hydrogen) atoms. The number of nitrogens with one attached hydrogen (secondary N) is 1. The maximum Gasteiger partial charge on any atom is 0.336 e. The molecular weight excluding hydrogens is 262 g/mol. The van der Waals surface area contributed by atoms with Crippen LogP contribution in [0, 0.1) is 6.92 Å². The quantitative estimate of drug-likeness (QED) is 0.895. The first kappa shape index (κ1) is 11.9. The van der Waals surface area contributed by atoms with Crippen LogP contribution in [-0.2, 0) is 0 Å². The van der Waals surface area contributed by atoms with Crippen molar-refractivity contribution in [3.05, 3.63) is 34.6 Å². The van der Waals surface area contributed by atoms with Gasteiger partial charge in [-0.3, -0.25) is 5.10 Å². The lowest BCUT2D eigenvalue weighted by atomic mass is 10.2. The minimum absolute atomic E-state index is 0.143. The van der Waals surface area contributed by atoms with Gasteiger partial charge < -0.3 is 5.11 Å². The number of carboxylic acids is 1. The van der Waals surface area contributed by atoms with E-state index >= 15 is 0 Å². The Labute approximate surface area is 106 Å². The summed E-state index contributed by atoms with van der Waals surface area (Å²) in [5.74, 6) is -0.347. The number of rotatable bonds is 3. The van der Waals surface area contributed by atoms with Crippen LogP contribution in [0.3, 0.4) is 0 Å². The zero-order valence-electron chi connectivity index (χ0n) is 8.77. The number of carbonyl (C=O) groups is 1. The first-order valence-corrected chi connectivity index (χ1v) is 5.85. The van der Waals surface area contributed by atoms with E-state index in [1.165, 1.54) is 17.8 Å². The number of aromatic nitrogens is 3. The van der Waals surface area contributed by atoms with Gasteiger partial charge in [0.1, 0.15) is 5.82 Å². The van der Waals surface area contributed by atoms with Crippen LogP contribution in [0.5, 0.6) is 0 Å². The maximum absolute atomic E-state index is 11.0. The van der Waals surface area contributed by atoms with Crippen molar-refractivity contribution in [1.82, 2.24) is 15.2 Å². The van der Waals surface area contributed by atoms with Gasteiger partial charge in [0.25, 0.3) is 0 Å². The van der Waals surface area contributed by atoms with Crippen LogP contribution in [0.25, 0.3) is 0 Å². The lowest BCUT2D eigenvalue weighted by Gasteiger charge is -2.03. The molecule has 88 valence electrons. The molecule has 1 aromatic carbocycles. The molecular formula is C10H8ClN3O2S. The SMILES string of the molecule is Cc1nc(Sc2ccc(Cl)cc2C(=O)O)n[nH]1. The third-order valence-electron chi connectivity index (χ3n) is 1.95. The minimum Gasteiger partial charge on any atom is -0.478 e. The lowest BCUT2D eigenvalue weighted by molar-refractivity contribution is 0.0693. The lowest BCUT2D eigenvalue weighted by Crippen LogP contribution is -1.98. The first-order valence-electron chi connectivity index (χ1n) is 4.66. The van der Waals surface area contributed by atoms with E-state index in [4.69, 9.17) is 16.7 Å². The molecule has 2 N–H and O–H groups in total. The summed E-state index contributed by atoms with van der Waals surface area (Å²) < 4.78 is 0. The van der Waals surface area contributed by atoms with Crippen molar-refractivity contribution in [3.8, 4) is 0 Å². The van der Waals surface area contributed by atoms with Crippen molar-refractivity contribution in [2.75, 3.05) is 0 Å². The van der Waals surface area contributed by atoms with E-state index in [0.717, 1.165) is 0 Å². The molecule has 0 atom stereocenters. The third kappa shape index (κ3) is 2.78. The van der Waals surface area contributed by atoms with E-state index in [9.17, 15) is 4.79 Å². The Balaban J connectivity index is 2.35. The van der Waals surface area contributed by atoms with E-state index in [0.29, 0.717) is 20.9 Å². The maximum atomic E-state index is 11.0. The number of H-pyrrole nitrogens is 1. The smallest absolute Gasteiger partial charge is 0.336 e. The summed E-state index contributed by atoms with van der Waals surface area (Å²) in [7, 11) is 0. The van der Waals surface area contributed by atoms with E-state index in [1.54, 1.807) is 19.1 Å². The van der Waals surface area contributed by atoms with Crippen molar-refractivity contribution in [2.45, 2.75) is 17.0 Å². The summed E-state index contributed by atoms with van der Waals surface area (Å²) >= 11 is 6.94. The van der Waals surface area contributed by atoms with Crippen LogP contribution in [0.15, 0.2) is 28.3 Å². The zero-order chi connectivity index (χ0) is 12.4. The summed E-state index contributed by atoms with van der Waals surface area (Å²) in [5.41, 5.74) is 0.143. The van der Waals surface area contributed by atoms with Gasteiger partial charge in [-0.25, -0.2) is 9.78 Å². The van der Waals surface area contributed by atoms with Gasteiger partial charge in [-0.05, 0) is 36.9 Å². The van der Waals surface area contributed by atoms with E-state index in [-0.39, 0.29) is 5.56 Å². The number of benzene rings is 1. The highest BCUT2D eigenvalue weighted by Crippen LogP contribution is 2.29. The number of hydrogen-bond acceptors (Lipinski definition) is 4. The molecule has 1 heterocycles.